The van der Waals surface area contributed by atoms with Crippen LogP contribution in [0, 0.1) is 23.2 Å². The van der Waals surface area contributed by atoms with Gasteiger partial charge in [-0.25, -0.2) is 0 Å². The number of hydrogen-bond donors (Lipinski definition) is 1. The van der Waals surface area contributed by atoms with Gasteiger partial charge in [-0.05, 0) is 37.1 Å². The third kappa shape index (κ3) is 3.77. The van der Waals surface area contributed by atoms with Crippen molar-refractivity contribution in [2.75, 3.05) is 11.9 Å². The van der Waals surface area contributed by atoms with E-state index >= 15 is 0 Å². The zero-order valence-corrected chi connectivity index (χ0v) is 10.9. The summed E-state index contributed by atoms with van der Waals surface area (Å²) >= 11 is 0. The van der Waals surface area contributed by atoms with Gasteiger partial charge in [0.1, 0.15) is 11.7 Å². The van der Waals surface area contributed by atoms with Crippen LogP contribution in [0.3, 0.4) is 0 Å². The number of ether oxygens (including phenoxy) is 1. The molecule has 0 spiro atoms. The monoisotopic (exact) mass is 246 g/mol. The first-order chi connectivity index (χ1) is 8.58. The summed E-state index contributed by atoms with van der Waals surface area (Å²) in [4.78, 5) is 11.8. The summed E-state index contributed by atoms with van der Waals surface area (Å²) < 4.78 is 5.31. The first-order valence-electron chi connectivity index (χ1n) is 6.01. The number of anilines is 1. The second-order valence-electron chi connectivity index (χ2n) is 4.30. The van der Waals surface area contributed by atoms with Crippen LogP contribution in [0.2, 0.25) is 0 Å². The van der Waals surface area contributed by atoms with Gasteiger partial charge in [-0.2, -0.15) is 5.26 Å². The van der Waals surface area contributed by atoms with Gasteiger partial charge in [-0.3, -0.25) is 4.79 Å². The van der Waals surface area contributed by atoms with Gasteiger partial charge in [0.2, 0.25) is 5.91 Å². The molecule has 1 atom stereocenters. The highest BCUT2D eigenvalue weighted by Gasteiger charge is 2.21. The molecule has 0 aliphatic heterocycles. The van der Waals surface area contributed by atoms with Crippen molar-refractivity contribution < 1.29 is 9.53 Å². The van der Waals surface area contributed by atoms with Crippen LogP contribution >= 0.6 is 0 Å². The Morgan fingerprint density at radius 3 is 2.44 bits per heavy atom. The lowest BCUT2D eigenvalue weighted by atomic mass is 9.96. The molecule has 0 heterocycles. The number of amides is 1. The molecule has 0 saturated heterocycles. The van der Waals surface area contributed by atoms with Crippen molar-refractivity contribution in [2.24, 2.45) is 11.8 Å². The second-order valence-corrected chi connectivity index (χ2v) is 4.30. The Morgan fingerprint density at radius 1 is 1.39 bits per heavy atom. The molecule has 1 aromatic rings. The SMILES string of the molecule is CCOc1ccc(NC(=O)C(C#N)C(C)C)cc1. The van der Waals surface area contributed by atoms with Crippen molar-refractivity contribution in [3.05, 3.63) is 24.3 Å². The molecule has 0 radical (unpaired) electrons. The maximum atomic E-state index is 11.8. The van der Waals surface area contributed by atoms with Crippen LogP contribution < -0.4 is 10.1 Å². The summed E-state index contributed by atoms with van der Waals surface area (Å²) in [6.07, 6.45) is 0. The standard InChI is InChI=1S/C14H18N2O2/c1-4-18-12-7-5-11(6-8-12)16-14(17)13(9-15)10(2)3/h5-8,10,13H,4H2,1-3H3,(H,16,17). The molecule has 1 amide bonds. The van der Waals surface area contributed by atoms with Gasteiger partial charge < -0.3 is 10.1 Å². The number of benzene rings is 1. The highest BCUT2D eigenvalue weighted by molar-refractivity contribution is 5.94. The molecule has 4 nitrogen and oxygen atoms in total. The van der Waals surface area contributed by atoms with Crippen LogP contribution in [0.15, 0.2) is 24.3 Å². The average Bonchev–Trinajstić information content (AvgIpc) is 2.32. The Morgan fingerprint density at radius 2 is 2.00 bits per heavy atom. The predicted molar refractivity (Wildman–Crippen MR) is 70.2 cm³/mol. The molecule has 0 fully saturated rings. The fourth-order valence-electron chi connectivity index (χ4n) is 1.53. The topological polar surface area (TPSA) is 62.1 Å². The number of carbonyl (C=O) groups is 1. The molecular weight excluding hydrogens is 228 g/mol. The summed E-state index contributed by atoms with van der Waals surface area (Å²) in [5.74, 6) is -0.137. The maximum absolute atomic E-state index is 11.8. The Balaban J connectivity index is 2.67. The highest BCUT2D eigenvalue weighted by Crippen LogP contribution is 2.18. The fraction of sp³-hybridized carbons (Fsp3) is 0.429. The van der Waals surface area contributed by atoms with E-state index in [2.05, 4.69) is 5.32 Å². The Bertz CT molecular complexity index is 432. The number of nitrogens with zero attached hydrogens (tertiary/aromatic N) is 1. The van der Waals surface area contributed by atoms with Crippen LogP contribution in [0.5, 0.6) is 5.75 Å². The second kappa shape index (κ2) is 6.65. The highest BCUT2D eigenvalue weighted by atomic mass is 16.5. The minimum atomic E-state index is -0.628. The van der Waals surface area contributed by atoms with E-state index in [1.54, 1.807) is 24.3 Å². The van der Waals surface area contributed by atoms with E-state index in [0.29, 0.717) is 12.3 Å². The van der Waals surface area contributed by atoms with E-state index in [9.17, 15) is 4.79 Å². The maximum Gasteiger partial charge on any atom is 0.241 e. The lowest BCUT2D eigenvalue weighted by Gasteiger charge is -2.13. The first kappa shape index (κ1) is 14.0. The van der Waals surface area contributed by atoms with Gasteiger partial charge in [0.15, 0.2) is 0 Å². The summed E-state index contributed by atoms with van der Waals surface area (Å²) in [5.41, 5.74) is 0.671. The lowest BCUT2D eigenvalue weighted by molar-refractivity contribution is -0.119. The van der Waals surface area contributed by atoms with Crippen molar-refractivity contribution in [3.63, 3.8) is 0 Å². The van der Waals surface area contributed by atoms with E-state index in [4.69, 9.17) is 10.00 Å². The third-order valence-corrected chi connectivity index (χ3v) is 2.52. The molecule has 1 N–H and O–H groups in total. The van der Waals surface area contributed by atoms with Gasteiger partial charge in [-0.15, -0.1) is 0 Å². The van der Waals surface area contributed by atoms with Crippen molar-refractivity contribution in [2.45, 2.75) is 20.8 Å². The fourth-order valence-corrected chi connectivity index (χ4v) is 1.53. The zero-order valence-electron chi connectivity index (χ0n) is 10.9. The molecule has 1 aromatic carbocycles. The number of nitriles is 1. The molecule has 0 saturated carbocycles. The molecule has 96 valence electrons. The van der Waals surface area contributed by atoms with Crippen LogP contribution in [0.25, 0.3) is 0 Å². The van der Waals surface area contributed by atoms with Gasteiger partial charge in [0, 0.05) is 5.69 Å². The third-order valence-electron chi connectivity index (χ3n) is 2.52. The molecule has 0 aliphatic rings. The largest absolute Gasteiger partial charge is 0.494 e. The van der Waals surface area contributed by atoms with E-state index < -0.39 is 5.92 Å². The predicted octanol–water partition coefficient (Wildman–Crippen LogP) is 2.82. The van der Waals surface area contributed by atoms with E-state index in [1.165, 1.54) is 0 Å². The van der Waals surface area contributed by atoms with E-state index in [0.717, 1.165) is 5.75 Å². The molecule has 0 aliphatic carbocycles. The summed E-state index contributed by atoms with van der Waals surface area (Å²) in [7, 11) is 0. The van der Waals surface area contributed by atoms with Gasteiger partial charge in [0.05, 0.1) is 12.7 Å². The number of hydrogen-bond acceptors (Lipinski definition) is 3. The molecule has 1 rings (SSSR count). The zero-order chi connectivity index (χ0) is 13.5. The molecule has 0 aromatic heterocycles. The molecule has 0 bridgehead atoms. The average molecular weight is 246 g/mol. The van der Waals surface area contributed by atoms with Gasteiger partial charge in [-0.1, -0.05) is 13.8 Å². The smallest absolute Gasteiger partial charge is 0.241 e. The molecule has 18 heavy (non-hydrogen) atoms. The van der Waals surface area contributed by atoms with Crippen LogP contribution in [0.1, 0.15) is 20.8 Å². The van der Waals surface area contributed by atoms with Gasteiger partial charge in [0.25, 0.3) is 0 Å². The summed E-state index contributed by atoms with van der Waals surface area (Å²) in [6.45, 7) is 6.22. The van der Waals surface area contributed by atoms with E-state index in [1.807, 2.05) is 26.8 Å². The van der Waals surface area contributed by atoms with Crippen molar-refractivity contribution >= 4 is 11.6 Å². The van der Waals surface area contributed by atoms with Crippen molar-refractivity contribution in [1.29, 1.82) is 5.26 Å². The minimum Gasteiger partial charge on any atom is -0.494 e. The Kier molecular flexibility index (Phi) is 5.19. The van der Waals surface area contributed by atoms with Crippen molar-refractivity contribution in [3.8, 4) is 11.8 Å². The first-order valence-corrected chi connectivity index (χ1v) is 6.01. The Hall–Kier alpha value is -2.02. The van der Waals surface area contributed by atoms with Gasteiger partial charge >= 0.3 is 0 Å². The molecular formula is C14H18N2O2. The van der Waals surface area contributed by atoms with Crippen LogP contribution in [0.4, 0.5) is 5.69 Å². The summed E-state index contributed by atoms with van der Waals surface area (Å²) in [6, 6.07) is 9.11. The number of carbonyl (C=O) groups excluding carboxylic acids is 1. The quantitative estimate of drug-likeness (QED) is 0.869. The molecule has 4 heteroatoms. The normalized spacial score (nSPS) is 11.7. The van der Waals surface area contributed by atoms with Crippen molar-refractivity contribution in [1.82, 2.24) is 0 Å². The van der Waals surface area contributed by atoms with Crippen LogP contribution in [-0.2, 0) is 4.79 Å². The minimum absolute atomic E-state index is 0.00213. The molecule has 1 unspecified atom stereocenters. The summed E-state index contributed by atoms with van der Waals surface area (Å²) in [5, 5.41) is 11.7. The number of nitrogens with one attached hydrogen (secondary N) is 1. The van der Waals surface area contributed by atoms with Crippen LogP contribution in [-0.4, -0.2) is 12.5 Å². The lowest BCUT2D eigenvalue weighted by Crippen LogP contribution is -2.25. The number of rotatable bonds is 5. The van der Waals surface area contributed by atoms with E-state index in [-0.39, 0.29) is 11.8 Å². The Labute approximate surface area is 108 Å².